The zero-order chi connectivity index (χ0) is 22.6. The number of aryl methyl sites for hydroxylation is 1. The van der Waals surface area contributed by atoms with E-state index in [1.54, 1.807) is 44.2 Å². The van der Waals surface area contributed by atoms with Crippen LogP contribution in [0.15, 0.2) is 60.7 Å². The monoisotopic (exact) mass is 440 g/mol. The molecule has 0 saturated heterocycles. The summed E-state index contributed by atoms with van der Waals surface area (Å²) in [4.78, 5) is 24.6. The van der Waals surface area contributed by atoms with Gasteiger partial charge in [0.2, 0.25) is 15.9 Å². The number of carbonyl (C=O) groups excluding carboxylic acids is 2. The lowest BCUT2D eigenvalue weighted by atomic mass is 10.1. The Labute approximate surface area is 181 Å². The smallest absolute Gasteiger partial charge is 0.338 e. The summed E-state index contributed by atoms with van der Waals surface area (Å²) in [6.45, 7) is 3.36. The minimum atomic E-state index is -3.72. The molecule has 3 aromatic carbocycles. The fourth-order valence-corrected chi connectivity index (χ4v) is 4.14. The van der Waals surface area contributed by atoms with Crippen LogP contribution in [0, 0.1) is 6.92 Å². The topological polar surface area (TPSA) is 92.8 Å². The molecule has 1 N–H and O–H groups in total. The molecule has 3 rings (SSSR count). The van der Waals surface area contributed by atoms with Gasteiger partial charge in [0, 0.05) is 11.1 Å². The van der Waals surface area contributed by atoms with E-state index in [-0.39, 0.29) is 13.2 Å². The zero-order valence-electron chi connectivity index (χ0n) is 17.6. The second kappa shape index (κ2) is 9.18. The van der Waals surface area contributed by atoms with E-state index >= 15 is 0 Å². The van der Waals surface area contributed by atoms with Crippen molar-refractivity contribution in [1.29, 1.82) is 0 Å². The van der Waals surface area contributed by atoms with Gasteiger partial charge in [0.25, 0.3) is 0 Å². The van der Waals surface area contributed by atoms with Crippen LogP contribution in [0.5, 0.6) is 0 Å². The van der Waals surface area contributed by atoms with Crippen molar-refractivity contribution in [3.8, 4) is 0 Å². The molecule has 0 aromatic heterocycles. The summed E-state index contributed by atoms with van der Waals surface area (Å²) in [5.41, 5.74) is 1.97. The van der Waals surface area contributed by atoms with Crippen molar-refractivity contribution in [1.82, 2.24) is 0 Å². The van der Waals surface area contributed by atoms with E-state index in [4.69, 9.17) is 4.74 Å². The number of anilines is 2. The number of sulfonamides is 1. The van der Waals surface area contributed by atoms with Gasteiger partial charge < -0.3 is 10.1 Å². The molecule has 0 atom stereocenters. The highest BCUT2D eigenvalue weighted by molar-refractivity contribution is 7.92. The van der Waals surface area contributed by atoms with Crippen molar-refractivity contribution in [3.63, 3.8) is 0 Å². The first-order valence-electron chi connectivity index (χ1n) is 9.74. The lowest BCUT2D eigenvalue weighted by Gasteiger charge is -2.23. The van der Waals surface area contributed by atoms with Gasteiger partial charge in [-0.15, -0.1) is 0 Å². The Morgan fingerprint density at radius 2 is 1.74 bits per heavy atom. The van der Waals surface area contributed by atoms with E-state index < -0.39 is 21.9 Å². The van der Waals surface area contributed by atoms with Gasteiger partial charge in [0.1, 0.15) is 6.54 Å². The first kappa shape index (κ1) is 22.3. The average Bonchev–Trinajstić information content (AvgIpc) is 2.72. The van der Waals surface area contributed by atoms with Crippen LogP contribution in [0.25, 0.3) is 10.8 Å². The highest BCUT2D eigenvalue weighted by Gasteiger charge is 2.23. The fraction of sp³-hybridized carbons (Fsp3) is 0.217. The number of hydrogen-bond donors (Lipinski definition) is 1. The Morgan fingerprint density at radius 3 is 2.42 bits per heavy atom. The number of esters is 1. The molecule has 0 spiro atoms. The molecule has 3 aromatic rings. The normalized spacial score (nSPS) is 11.2. The molecule has 0 radical (unpaired) electrons. The van der Waals surface area contributed by atoms with E-state index in [0.717, 1.165) is 21.3 Å². The second-order valence-corrected chi connectivity index (χ2v) is 8.97. The molecule has 0 aliphatic rings. The van der Waals surface area contributed by atoms with Crippen molar-refractivity contribution in [2.24, 2.45) is 0 Å². The van der Waals surface area contributed by atoms with Crippen molar-refractivity contribution >= 4 is 44.0 Å². The van der Waals surface area contributed by atoms with E-state index in [1.807, 2.05) is 30.3 Å². The van der Waals surface area contributed by atoms with Crippen LogP contribution < -0.4 is 9.62 Å². The zero-order valence-corrected chi connectivity index (χ0v) is 18.4. The molecular weight excluding hydrogens is 416 g/mol. The lowest BCUT2D eigenvalue weighted by Crippen LogP contribution is -2.37. The number of ether oxygens (including phenoxy) is 1. The highest BCUT2D eigenvalue weighted by Crippen LogP contribution is 2.28. The molecule has 8 heteroatoms. The van der Waals surface area contributed by atoms with Crippen LogP contribution >= 0.6 is 0 Å². The Bertz CT molecular complexity index is 1230. The molecule has 0 saturated carbocycles. The maximum Gasteiger partial charge on any atom is 0.338 e. The predicted molar refractivity (Wildman–Crippen MR) is 122 cm³/mol. The molecule has 0 fully saturated rings. The molecule has 0 aliphatic carbocycles. The number of nitrogens with one attached hydrogen (secondary N) is 1. The van der Waals surface area contributed by atoms with Crippen LogP contribution in [-0.4, -0.2) is 39.7 Å². The summed E-state index contributed by atoms with van der Waals surface area (Å²) in [7, 11) is -3.72. The van der Waals surface area contributed by atoms with Gasteiger partial charge >= 0.3 is 5.97 Å². The molecule has 0 aliphatic heterocycles. The van der Waals surface area contributed by atoms with E-state index in [0.29, 0.717) is 22.5 Å². The number of benzene rings is 3. The number of hydrogen-bond acceptors (Lipinski definition) is 5. The third kappa shape index (κ3) is 5.21. The second-order valence-electron chi connectivity index (χ2n) is 7.07. The van der Waals surface area contributed by atoms with Crippen molar-refractivity contribution in [3.05, 3.63) is 71.8 Å². The molecule has 1 amide bonds. The van der Waals surface area contributed by atoms with Gasteiger partial charge in [0.15, 0.2) is 0 Å². The third-order valence-corrected chi connectivity index (χ3v) is 5.86. The highest BCUT2D eigenvalue weighted by atomic mass is 32.2. The maximum absolute atomic E-state index is 12.7. The summed E-state index contributed by atoms with van der Waals surface area (Å²) in [6, 6.07) is 17.5. The summed E-state index contributed by atoms with van der Waals surface area (Å²) in [6.07, 6.45) is 1.07. The quantitative estimate of drug-likeness (QED) is 0.565. The standard InChI is InChI=1S/C23H24N2O5S/c1-4-30-23(27)18-12-13-20(16(2)14-18)24-22(26)15-25(31(3,28)29)21-11-7-9-17-8-5-6-10-19(17)21/h5-14H,4,15H2,1-3H3,(H,24,26). The maximum atomic E-state index is 12.7. The minimum absolute atomic E-state index is 0.270. The minimum Gasteiger partial charge on any atom is -0.462 e. The summed E-state index contributed by atoms with van der Waals surface area (Å²) in [5.74, 6) is -0.937. The van der Waals surface area contributed by atoms with Gasteiger partial charge in [0.05, 0.1) is 24.1 Å². The van der Waals surface area contributed by atoms with Gasteiger partial charge in [-0.1, -0.05) is 36.4 Å². The molecule has 162 valence electrons. The van der Waals surface area contributed by atoms with Crippen LogP contribution in [-0.2, 0) is 19.6 Å². The van der Waals surface area contributed by atoms with Gasteiger partial charge in [-0.25, -0.2) is 13.2 Å². The number of fused-ring (bicyclic) bond motifs is 1. The Balaban J connectivity index is 1.85. The first-order chi connectivity index (χ1) is 14.7. The van der Waals surface area contributed by atoms with Crippen LogP contribution in [0.4, 0.5) is 11.4 Å². The summed E-state index contributed by atoms with van der Waals surface area (Å²) >= 11 is 0. The van der Waals surface area contributed by atoms with E-state index in [9.17, 15) is 18.0 Å². The Morgan fingerprint density at radius 1 is 1.03 bits per heavy atom. The largest absolute Gasteiger partial charge is 0.462 e. The van der Waals surface area contributed by atoms with Gasteiger partial charge in [-0.05, 0) is 49.1 Å². The number of nitrogens with zero attached hydrogens (tertiary/aromatic N) is 1. The number of rotatable bonds is 7. The SMILES string of the molecule is CCOC(=O)c1ccc(NC(=O)CN(c2cccc3ccccc23)S(C)(=O)=O)c(C)c1. The summed E-state index contributed by atoms with van der Waals surface area (Å²) in [5, 5.41) is 4.34. The third-order valence-electron chi connectivity index (χ3n) is 4.73. The van der Waals surface area contributed by atoms with Crippen molar-refractivity contribution in [2.75, 3.05) is 29.0 Å². The van der Waals surface area contributed by atoms with E-state index in [2.05, 4.69) is 5.32 Å². The van der Waals surface area contributed by atoms with Crippen LogP contribution in [0.1, 0.15) is 22.8 Å². The molecular formula is C23H24N2O5S. The molecule has 0 unspecified atom stereocenters. The van der Waals surface area contributed by atoms with Crippen LogP contribution in [0.3, 0.4) is 0 Å². The first-order valence-corrected chi connectivity index (χ1v) is 11.6. The lowest BCUT2D eigenvalue weighted by molar-refractivity contribution is -0.114. The number of amides is 1. The van der Waals surface area contributed by atoms with Gasteiger partial charge in [-0.3, -0.25) is 9.10 Å². The van der Waals surface area contributed by atoms with Gasteiger partial charge in [-0.2, -0.15) is 0 Å². The predicted octanol–water partition coefficient (Wildman–Crippen LogP) is 3.73. The van der Waals surface area contributed by atoms with Crippen molar-refractivity contribution in [2.45, 2.75) is 13.8 Å². The number of carbonyl (C=O) groups is 2. The molecule has 31 heavy (non-hydrogen) atoms. The molecule has 0 heterocycles. The average molecular weight is 441 g/mol. The van der Waals surface area contributed by atoms with Crippen LogP contribution in [0.2, 0.25) is 0 Å². The molecule has 0 bridgehead atoms. The fourth-order valence-electron chi connectivity index (χ4n) is 3.27. The Kier molecular flexibility index (Phi) is 6.60. The van der Waals surface area contributed by atoms with Crippen molar-refractivity contribution < 1.29 is 22.7 Å². The summed E-state index contributed by atoms with van der Waals surface area (Å²) < 4.78 is 31.1. The van der Waals surface area contributed by atoms with E-state index in [1.165, 1.54) is 0 Å². The molecule has 7 nitrogen and oxygen atoms in total. The Hall–Kier alpha value is -3.39.